The molecule has 2 rings (SSSR count). The quantitative estimate of drug-likeness (QED) is 0.538. The molecule has 0 aromatic heterocycles. The minimum atomic E-state index is 0.985. The number of hydrogen-bond donors (Lipinski definition) is 0. The highest BCUT2D eigenvalue weighted by atomic mass is 14.0. The third-order valence-corrected chi connectivity index (χ3v) is 2.19. The Labute approximate surface area is 85.0 Å². The fourth-order valence-electron chi connectivity index (χ4n) is 1.33. The zero-order valence-electron chi connectivity index (χ0n) is 8.25. The predicted octanol–water partition coefficient (Wildman–Crippen LogP) is 3.23. The molecule has 0 heteroatoms. The van der Waals surface area contributed by atoms with Gasteiger partial charge in [0.2, 0.25) is 0 Å². The lowest BCUT2D eigenvalue weighted by Crippen LogP contribution is -1.76. The molecule has 0 saturated heterocycles. The maximum absolute atomic E-state index is 3.17. The van der Waals surface area contributed by atoms with E-state index in [0.29, 0.717) is 0 Å². The Morgan fingerprint density at radius 3 is 2.50 bits per heavy atom. The predicted molar refractivity (Wildman–Crippen MR) is 59.9 cm³/mol. The van der Waals surface area contributed by atoms with Gasteiger partial charge >= 0.3 is 0 Å². The molecule has 0 N–H and O–H groups in total. The Morgan fingerprint density at radius 1 is 1.07 bits per heavy atom. The van der Waals surface area contributed by atoms with E-state index in [9.17, 15) is 0 Å². The van der Waals surface area contributed by atoms with Crippen molar-refractivity contribution in [3.8, 4) is 11.8 Å². The molecule has 0 bridgehead atoms. The zero-order valence-corrected chi connectivity index (χ0v) is 8.25. The van der Waals surface area contributed by atoms with Gasteiger partial charge in [-0.3, -0.25) is 0 Å². The van der Waals surface area contributed by atoms with Gasteiger partial charge in [-0.2, -0.15) is 0 Å². The molecule has 0 nitrogen and oxygen atoms in total. The molecule has 0 saturated carbocycles. The van der Waals surface area contributed by atoms with Crippen molar-refractivity contribution in [3.63, 3.8) is 0 Å². The summed E-state index contributed by atoms with van der Waals surface area (Å²) in [6.07, 6.45) is 7.23. The van der Waals surface area contributed by atoms with Gasteiger partial charge in [0.1, 0.15) is 0 Å². The number of allylic oxidation sites excluding steroid dienone is 4. The van der Waals surface area contributed by atoms with E-state index < -0.39 is 0 Å². The molecular weight excluding hydrogens is 168 g/mol. The monoisotopic (exact) mass is 180 g/mol. The highest BCUT2D eigenvalue weighted by Gasteiger charge is 1.93. The van der Waals surface area contributed by atoms with Crippen LogP contribution in [0.15, 0.2) is 48.1 Å². The molecule has 0 atom stereocenters. The van der Waals surface area contributed by atoms with Gasteiger partial charge in [0.25, 0.3) is 0 Å². The average molecular weight is 180 g/mol. The summed E-state index contributed by atoms with van der Waals surface area (Å²) in [6, 6.07) is 8.30. The first-order chi connectivity index (χ1) is 6.84. The van der Waals surface area contributed by atoms with E-state index in [1.165, 1.54) is 11.1 Å². The summed E-state index contributed by atoms with van der Waals surface area (Å²) in [5, 5.41) is 0. The molecule has 68 valence electrons. The number of rotatable bonds is 0. The maximum atomic E-state index is 3.17. The van der Waals surface area contributed by atoms with Crippen LogP contribution in [-0.2, 0) is 0 Å². The van der Waals surface area contributed by atoms with Crippen molar-refractivity contribution >= 4 is 0 Å². The lowest BCUT2D eigenvalue weighted by molar-refractivity contribution is 1.36. The van der Waals surface area contributed by atoms with Crippen molar-refractivity contribution in [1.82, 2.24) is 0 Å². The third-order valence-electron chi connectivity index (χ3n) is 2.19. The van der Waals surface area contributed by atoms with Crippen LogP contribution in [0.25, 0.3) is 0 Å². The Kier molecular flexibility index (Phi) is 2.51. The van der Waals surface area contributed by atoms with Crippen molar-refractivity contribution < 1.29 is 0 Å². The summed E-state index contributed by atoms with van der Waals surface area (Å²) in [6.45, 7) is 2.08. The Hall–Kier alpha value is -1.74. The molecule has 1 aliphatic carbocycles. The number of benzene rings is 1. The van der Waals surface area contributed by atoms with Crippen LogP contribution in [-0.4, -0.2) is 0 Å². The second-order valence-corrected chi connectivity index (χ2v) is 3.44. The summed E-state index contributed by atoms with van der Waals surface area (Å²) in [5.41, 5.74) is 3.56. The van der Waals surface area contributed by atoms with E-state index in [-0.39, 0.29) is 0 Å². The molecule has 1 aromatic rings. The van der Waals surface area contributed by atoms with Gasteiger partial charge in [0.05, 0.1) is 0 Å². The van der Waals surface area contributed by atoms with Crippen LogP contribution in [0, 0.1) is 18.8 Å². The van der Waals surface area contributed by atoms with Crippen molar-refractivity contribution in [1.29, 1.82) is 0 Å². The maximum Gasteiger partial charge on any atom is 0.0249 e. The molecule has 0 amide bonds. The third kappa shape index (κ3) is 2.14. The van der Waals surface area contributed by atoms with Gasteiger partial charge in [-0.15, -0.1) is 0 Å². The van der Waals surface area contributed by atoms with Crippen molar-refractivity contribution in [2.45, 2.75) is 13.3 Å². The minimum Gasteiger partial charge on any atom is -0.0794 e. The summed E-state index contributed by atoms with van der Waals surface area (Å²) >= 11 is 0. The molecule has 0 heterocycles. The summed E-state index contributed by atoms with van der Waals surface area (Å²) in [5.74, 6) is 6.32. The van der Waals surface area contributed by atoms with Crippen LogP contribution in [0.5, 0.6) is 0 Å². The van der Waals surface area contributed by atoms with E-state index in [0.717, 1.165) is 12.0 Å². The van der Waals surface area contributed by atoms with Crippen LogP contribution >= 0.6 is 0 Å². The first-order valence-corrected chi connectivity index (χ1v) is 4.79. The largest absolute Gasteiger partial charge is 0.0794 e. The smallest absolute Gasteiger partial charge is 0.0249 e. The van der Waals surface area contributed by atoms with Crippen LogP contribution in [0.3, 0.4) is 0 Å². The van der Waals surface area contributed by atoms with E-state index in [2.05, 4.69) is 61.3 Å². The van der Waals surface area contributed by atoms with Crippen LogP contribution < -0.4 is 0 Å². The zero-order chi connectivity index (χ0) is 9.80. The first kappa shape index (κ1) is 8.84. The molecule has 0 spiro atoms. The van der Waals surface area contributed by atoms with Gasteiger partial charge < -0.3 is 0 Å². The second kappa shape index (κ2) is 3.98. The van der Waals surface area contributed by atoms with Crippen LogP contribution in [0.1, 0.15) is 17.5 Å². The Balaban J connectivity index is 2.14. The fourth-order valence-corrected chi connectivity index (χ4v) is 1.33. The molecule has 1 aliphatic rings. The average Bonchev–Trinajstić information content (AvgIpc) is 2.70. The van der Waals surface area contributed by atoms with Crippen molar-refractivity contribution in [3.05, 3.63) is 59.2 Å². The van der Waals surface area contributed by atoms with Gasteiger partial charge in [0.15, 0.2) is 0 Å². The topological polar surface area (TPSA) is 0 Å². The standard InChI is InChI=1S/C14H12/c1-12-6-8-14(9-7-12)11-10-13-4-2-3-5-13/h2-4,6-9H,5H2,1H3. The second-order valence-electron chi connectivity index (χ2n) is 3.44. The fraction of sp³-hybridized carbons (Fsp3) is 0.143. The lowest BCUT2D eigenvalue weighted by Gasteiger charge is -1.91. The Morgan fingerprint density at radius 2 is 1.86 bits per heavy atom. The summed E-state index contributed by atoms with van der Waals surface area (Å²) < 4.78 is 0. The molecule has 0 aliphatic heterocycles. The SMILES string of the molecule is Cc1ccc(C#CC2=CC=CC2)cc1. The highest BCUT2D eigenvalue weighted by Crippen LogP contribution is 2.09. The van der Waals surface area contributed by atoms with E-state index in [1.807, 2.05) is 0 Å². The summed E-state index contributed by atoms with van der Waals surface area (Å²) in [7, 11) is 0. The number of hydrogen-bond acceptors (Lipinski definition) is 0. The van der Waals surface area contributed by atoms with Gasteiger partial charge in [-0.25, -0.2) is 0 Å². The molecular formula is C14H12. The molecule has 0 unspecified atom stereocenters. The van der Waals surface area contributed by atoms with Gasteiger partial charge in [-0.1, -0.05) is 47.8 Å². The van der Waals surface area contributed by atoms with E-state index >= 15 is 0 Å². The van der Waals surface area contributed by atoms with E-state index in [4.69, 9.17) is 0 Å². The highest BCUT2D eigenvalue weighted by molar-refractivity contribution is 5.44. The van der Waals surface area contributed by atoms with Crippen LogP contribution in [0.2, 0.25) is 0 Å². The molecule has 14 heavy (non-hydrogen) atoms. The lowest BCUT2D eigenvalue weighted by atomic mass is 10.1. The minimum absolute atomic E-state index is 0.985. The van der Waals surface area contributed by atoms with Crippen LogP contribution in [0.4, 0.5) is 0 Å². The molecule has 0 radical (unpaired) electrons. The van der Waals surface area contributed by atoms with Gasteiger partial charge in [0, 0.05) is 11.1 Å². The van der Waals surface area contributed by atoms with Gasteiger partial charge in [-0.05, 0) is 25.5 Å². The first-order valence-electron chi connectivity index (χ1n) is 4.79. The summed E-state index contributed by atoms with van der Waals surface area (Å²) in [4.78, 5) is 0. The van der Waals surface area contributed by atoms with Crippen molar-refractivity contribution in [2.75, 3.05) is 0 Å². The molecule has 0 fully saturated rings. The number of aryl methyl sites for hydroxylation is 1. The molecule has 1 aromatic carbocycles. The normalized spacial score (nSPS) is 13.4. The Bertz CT molecular complexity index is 433. The van der Waals surface area contributed by atoms with E-state index in [1.54, 1.807) is 0 Å². The van der Waals surface area contributed by atoms with Crippen molar-refractivity contribution in [2.24, 2.45) is 0 Å².